The molecule has 1 N–H and O–H groups in total. The third-order valence-corrected chi connectivity index (χ3v) is 4.71. The molecular weight excluding hydrogens is 366 g/mol. The minimum atomic E-state index is -0.212. The van der Waals surface area contributed by atoms with Crippen molar-refractivity contribution in [1.82, 2.24) is 9.55 Å². The first-order valence-electron chi connectivity index (χ1n) is 8.98. The zero-order valence-corrected chi connectivity index (χ0v) is 17.4. The highest BCUT2D eigenvalue weighted by molar-refractivity contribution is 6.29. The van der Waals surface area contributed by atoms with Crippen LogP contribution in [0.15, 0.2) is 23.1 Å². The Hall–Kier alpha value is -1.89. The van der Waals surface area contributed by atoms with E-state index < -0.39 is 0 Å². The molecule has 1 aromatic carbocycles. The van der Waals surface area contributed by atoms with E-state index in [2.05, 4.69) is 22.4 Å². The van der Waals surface area contributed by atoms with Crippen LogP contribution in [-0.4, -0.2) is 37.0 Å². The summed E-state index contributed by atoms with van der Waals surface area (Å²) >= 11 is 6.23. The van der Waals surface area contributed by atoms with Crippen LogP contribution in [0.4, 0.5) is 11.5 Å². The molecule has 0 fully saturated rings. The second-order valence-corrected chi connectivity index (χ2v) is 7.13. The fraction of sp³-hybridized carbons (Fsp3) is 0.500. The van der Waals surface area contributed by atoms with Gasteiger partial charge in [-0.15, -0.1) is 0 Å². The van der Waals surface area contributed by atoms with E-state index in [4.69, 9.17) is 21.1 Å². The summed E-state index contributed by atoms with van der Waals surface area (Å²) in [5, 5.41) is 3.46. The molecule has 0 unspecified atom stereocenters. The summed E-state index contributed by atoms with van der Waals surface area (Å²) in [7, 11) is 3.29. The van der Waals surface area contributed by atoms with Crippen molar-refractivity contribution in [3.63, 3.8) is 0 Å². The van der Waals surface area contributed by atoms with Gasteiger partial charge < -0.3 is 19.4 Å². The second-order valence-electron chi connectivity index (χ2n) is 6.74. The molecule has 1 heterocycles. The fourth-order valence-corrected chi connectivity index (χ4v) is 3.45. The summed E-state index contributed by atoms with van der Waals surface area (Å²) in [6.07, 6.45) is 2.95. The molecule has 2 aromatic rings. The highest BCUT2D eigenvalue weighted by Crippen LogP contribution is 2.25. The molecular formula is C20H28ClN3O3. The van der Waals surface area contributed by atoms with Gasteiger partial charge in [0.2, 0.25) is 0 Å². The molecule has 0 aliphatic rings. The van der Waals surface area contributed by atoms with Gasteiger partial charge >= 0.3 is 0 Å². The summed E-state index contributed by atoms with van der Waals surface area (Å²) in [6.45, 7) is 7.14. The van der Waals surface area contributed by atoms with Gasteiger partial charge in [-0.05, 0) is 44.7 Å². The van der Waals surface area contributed by atoms with Crippen LogP contribution in [0.5, 0.6) is 0 Å². The van der Waals surface area contributed by atoms with Gasteiger partial charge in [-0.2, -0.15) is 0 Å². The first-order chi connectivity index (χ1) is 12.9. The van der Waals surface area contributed by atoms with Crippen LogP contribution in [0.1, 0.15) is 35.6 Å². The van der Waals surface area contributed by atoms with E-state index in [-0.39, 0.29) is 22.6 Å². The number of nitrogens with one attached hydrogen (secondary N) is 1. The summed E-state index contributed by atoms with van der Waals surface area (Å²) in [4.78, 5) is 17.3. The topological polar surface area (TPSA) is 65.4 Å². The maximum absolute atomic E-state index is 13.1. The van der Waals surface area contributed by atoms with Crippen molar-refractivity contribution in [2.45, 2.75) is 39.7 Å². The molecule has 27 heavy (non-hydrogen) atoms. The number of nitrogens with zero attached hydrogens (tertiary/aromatic N) is 2. The average Bonchev–Trinajstić information content (AvgIpc) is 2.61. The van der Waals surface area contributed by atoms with Crippen LogP contribution in [0, 0.1) is 20.8 Å². The van der Waals surface area contributed by atoms with Gasteiger partial charge in [-0.25, -0.2) is 4.98 Å². The largest absolute Gasteiger partial charge is 0.385 e. The monoisotopic (exact) mass is 393 g/mol. The van der Waals surface area contributed by atoms with Gasteiger partial charge in [-0.1, -0.05) is 29.3 Å². The second kappa shape index (κ2) is 9.88. The van der Waals surface area contributed by atoms with Crippen LogP contribution >= 0.6 is 11.6 Å². The quantitative estimate of drug-likeness (QED) is 0.692. The molecule has 7 heteroatoms. The van der Waals surface area contributed by atoms with E-state index in [1.807, 2.05) is 20.8 Å². The Bertz CT molecular complexity index is 805. The first-order valence-corrected chi connectivity index (χ1v) is 9.36. The minimum Gasteiger partial charge on any atom is -0.385 e. The third-order valence-electron chi connectivity index (χ3n) is 4.53. The lowest BCUT2D eigenvalue weighted by Gasteiger charge is -2.21. The van der Waals surface area contributed by atoms with Crippen LogP contribution < -0.4 is 10.9 Å². The summed E-state index contributed by atoms with van der Waals surface area (Å²) < 4.78 is 12.0. The molecule has 148 valence electrons. The van der Waals surface area contributed by atoms with E-state index in [1.165, 1.54) is 5.56 Å². The molecule has 0 bridgehead atoms. The molecule has 0 saturated carbocycles. The Morgan fingerprint density at radius 2 is 1.67 bits per heavy atom. The first kappa shape index (κ1) is 21.4. The highest BCUT2D eigenvalue weighted by Gasteiger charge is 2.17. The molecule has 1 aromatic heterocycles. The van der Waals surface area contributed by atoms with Gasteiger partial charge in [-0.3, -0.25) is 4.79 Å². The van der Waals surface area contributed by atoms with Gasteiger partial charge in [0.25, 0.3) is 5.56 Å². The lowest BCUT2D eigenvalue weighted by Crippen LogP contribution is -2.29. The number of ether oxygens (including phenoxy) is 2. The molecule has 0 saturated heterocycles. The lowest BCUT2D eigenvalue weighted by atomic mass is 10.1. The SMILES string of the molecule is COCCC(CCOC)n1cc(Cl)nc(Nc2c(C)cc(C)cc2C)c1=O. The van der Waals surface area contributed by atoms with Crippen LogP contribution in [0.2, 0.25) is 5.15 Å². The third kappa shape index (κ3) is 5.54. The molecule has 0 aliphatic heterocycles. The number of halogens is 1. The summed E-state index contributed by atoms with van der Waals surface area (Å²) in [6, 6.07) is 4.05. The fourth-order valence-electron chi connectivity index (χ4n) is 3.26. The average molecular weight is 394 g/mol. The zero-order chi connectivity index (χ0) is 20.0. The van der Waals surface area contributed by atoms with E-state index in [9.17, 15) is 4.79 Å². The Labute approximate surface area is 165 Å². The van der Waals surface area contributed by atoms with Crippen molar-refractivity contribution in [2.75, 3.05) is 32.8 Å². The van der Waals surface area contributed by atoms with E-state index in [0.717, 1.165) is 16.8 Å². The van der Waals surface area contributed by atoms with Crippen molar-refractivity contribution in [1.29, 1.82) is 0 Å². The number of benzene rings is 1. The van der Waals surface area contributed by atoms with Gasteiger partial charge in [0.05, 0.1) is 0 Å². The normalized spacial score (nSPS) is 11.2. The van der Waals surface area contributed by atoms with Gasteiger partial charge in [0, 0.05) is 45.4 Å². The zero-order valence-electron chi connectivity index (χ0n) is 16.6. The van der Waals surface area contributed by atoms with Crippen molar-refractivity contribution in [3.05, 3.63) is 50.5 Å². The van der Waals surface area contributed by atoms with Crippen molar-refractivity contribution in [3.8, 4) is 0 Å². The molecule has 6 nitrogen and oxygen atoms in total. The Morgan fingerprint density at radius 3 is 2.19 bits per heavy atom. The van der Waals surface area contributed by atoms with Gasteiger partial charge in [0.1, 0.15) is 5.15 Å². The molecule has 0 spiro atoms. The summed E-state index contributed by atoms with van der Waals surface area (Å²) in [5.41, 5.74) is 3.94. The number of hydrogen-bond acceptors (Lipinski definition) is 5. The van der Waals surface area contributed by atoms with Crippen molar-refractivity contribution in [2.24, 2.45) is 0 Å². The standard InChI is InChI=1S/C20H28ClN3O3/c1-13-10-14(2)18(15(3)11-13)23-19-20(25)24(12-17(21)22-19)16(6-8-26-4)7-9-27-5/h10-12,16H,6-9H2,1-5H3,(H,22,23). The van der Waals surface area contributed by atoms with Crippen molar-refractivity contribution >= 4 is 23.1 Å². The predicted molar refractivity (Wildman–Crippen MR) is 109 cm³/mol. The number of anilines is 2. The van der Waals surface area contributed by atoms with E-state index >= 15 is 0 Å². The van der Waals surface area contributed by atoms with Gasteiger partial charge in [0.15, 0.2) is 5.82 Å². The van der Waals surface area contributed by atoms with Crippen LogP contribution in [0.3, 0.4) is 0 Å². The number of aromatic nitrogens is 2. The predicted octanol–water partition coefficient (Wildman–Crippen LogP) is 4.18. The Kier molecular flexibility index (Phi) is 7.83. The van der Waals surface area contributed by atoms with E-state index in [1.54, 1.807) is 25.0 Å². The summed E-state index contributed by atoms with van der Waals surface area (Å²) in [5.74, 6) is 0.220. The molecule has 0 amide bonds. The minimum absolute atomic E-state index is 0.0846. The smallest absolute Gasteiger partial charge is 0.294 e. The molecule has 2 rings (SSSR count). The maximum Gasteiger partial charge on any atom is 0.294 e. The number of hydrogen-bond donors (Lipinski definition) is 1. The van der Waals surface area contributed by atoms with E-state index in [0.29, 0.717) is 26.1 Å². The number of aryl methyl sites for hydroxylation is 3. The van der Waals surface area contributed by atoms with Crippen molar-refractivity contribution < 1.29 is 9.47 Å². The highest BCUT2D eigenvalue weighted by atomic mass is 35.5. The van der Waals surface area contributed by atoms with Crippen LogP contribution in [-0.2, 0) is 9.47 Å². The Balaban J connectivity index is 2.43. The maximum atomic E-state index is 13.1. The lowest BCUT2D eigenvalue weighted by molar-refractivity contribution is 0.147. The number of rotatable bonds is 9. The molecule has 0 radical (unpaired) electrons. The number of methoxy groups -OCH3 is 2. The van der Waals surface area contributed by atoms with Crippen LogP contribution in [0.25, 0.3) is 0 Å². The molecule has 0 atom stereocenters. The Morgan fingerprint density at radius 1 is 1.11 bits per heavy atom. The molecule has 0 aliphatic carbocycles.